The van der Waals surface area contributed by atoms with Gasteiger partial charge in [-0.1, -0.05) is 12.1 Å². The average Bonchev–Trinajstić information content (AvgIpc) is 3.08. The van der Waals surface area contributed by atoms with Crippen LogP contribution < -0.4 is 10.1 Å². The monoisotopic (exact) mass is 423 g/mol. The summed E-state index contributed by atoms with van der Waals surface area (Å²) in [4.78, 5) is 21.0. The van der Waals surface area contributed by atoms with Gasteiger partial charge in [0.1, 0.15) is 5.82 Å². The van der Waals surface area contributed by atoms with Gasteiger partial charge >= 0.3 is 6.18 Å². The van der Waals surface area contributed by atoms with Crippen molar-refractivity contribution in [2.24, 2.45) is 5.92 Å². The number of halogens is 3. The van der Waals surface area contributed by atoms with E-state index in [0.29, 0.717) is 6.42 Å². The summed E-state index contributed by atoms with van der Waals surface area (Å²) in [5.41, 5.74) is 1.92. The Bertz CT molecular complexity index is 981. The molecule has 1 aliphatic rings. The zero-order valence-electron chi connectivity index (χ0n) is 15.6. The number of aromatic amines is 1. The fraction of sp³-hybridized carbons (Fsp3) is 0.400. The molecular formula is C20H20F3N3O2S. The van der Waals surface area contributed by atoms with Gasteiger partial charge in [0.05, 0.1) is 17.1 Å². The maximum absolute atomic E-state index is 12.4. The van der Waals surface area contributed by atoms with E-state index >= 15 is 0 Å². The van der Waals surface area contributed by atoms with Gasteiger partial charge in [0.2, 0.25) is 5.91 Å². The highest BCUT2D eigenvalue weighted by molar-refractivity contribution is 7.13. The number of hydrogen-bond donors (Lipinski definition) is 2. The minimum absolute atomic E-state index is 0.0766. The summed E-state index contributed by atoms with van der Waals surface area (Å²) in [5, 5.41) is 3.10. The van der Waals surface area contributed by atoms with Gasteiger partial charge < -0.3 is 15.0 Å². The molecule has 1 aromatic carbocycles. The molecule has 29 heavy (non-hydrogen) atoms. The first-order valence-electron chi connectivity index (χ1n) is 9.32. The number of alkyl halides is 3. The summed E-state index contributed by atoms with van der Waals surface area (Å²) >= 11 is 1.11. The SMILES string of the molecule is C[C@H](NC(=O)C[C@@H]1C[C@@H]1c1nc2ccccc2[nH]1)c1ccc(OCC(F)(F)F)s1. The number of benzene rings is 1. The molecule has 3 aromatic rings. The first-order valence-corrected chi connectivity index (χ1v) is 10.1. The lowest BCUT2D eigenvalue weighted by Crippen LogP contribution is -2.26. The van der Waals surface area contributed by atoms with Crippen molar-refractivity contribution in [2.45, 2.75) is 37.9 Å². The largest absolute Gasteiger partial charge is 0.475 e. The van der Waals surface area contributed by atoms with E-state index in [9.17, 15) is 18.0 Å². The zero-order chi connectivity index (χ0) is 20.6. The topological polar surface area (TPSA) is 67.0 Å². The molecule has 9 heteroatoms. The second kappa shape index (κ2) is 7.70. The van der Waals surface area contributed by atoms with E-state index in [4.69, 9.17) is 4.74 Å². The van der Waals surface area contributed by atoms with Crippen LogP contribution in [-0.4, -0.2) is 28.7 Å². The second-order valence-corrected chi connectivity index (χ2v) is 8.37. The van der Waals surface area contributed by atoms with Crippen molar-refractivity contribution in [3.63, 3.8) is 0 Å². The molecule has 0 bridgehead atoms. The van der Waals surface area contributed by atoms with E-state index in [-0.39, 0.29) is 28.8 Å². The Morgan fingerprint density at radius 1 is 1.34 bits per heavy atom. The normalized spacial score (nSPS) is 19.9. The average molecular weight is 423 g/mol. The van der Waals surface area contributed by atoms with Crippen LogP contribution in [0.5, 0.6) is 5.06 Å². The number of aromatic nitrogens is 2. The van der Waals surface area contributed by atoms with Crippen LogP contribution >= 0.6 is 11.3 Å². The number of carbonyl (C=O) groups is 1. The molecule has 1 fully saturated rings. The summed E-state index contributed by atoms with van der Waals surface area (Å²) in [6.07, 6.45) is -3.06. The van der Waals surface area contributed by atoms with Crippen molar-refractivity contribution >= 4 is 28.3 Å². The first-order chi connectivity index (χ1) is 13.8. The molecule has 0 saturated heterocycles. The predicted molar refractivity (Wildman–Crippen MR) is 104 cm³/mol. The van der Waals surface area contributed by atoms with Crippen molar-refractivity contribution in [2.75, 3.05) is 6.61 Å². The lowest BCUT2D eigenvalue weighted by atomic mass is 10.2. The van der Waals surface area contributed by atoms with Gasteiger partial charge in [-0.3, -0.25) is 4.79 Å². The molecule has 3 atom stereocenters. The minimum atomic E-state index is -4.37. The van der Waals surface area contributed by atoms with Crippen LogP contribution in [-0.2, 0) is 4.79 Å². The van der Waals surface area contributed by atoms with Crippen LogP contribution in [0.25, 0.3) is 11.0 Å². The van der Waals surface area contributed by atoms with E-state index in [1.165, 1.54) is 6.07 Å². The number of H-pyrrole nitrogens is 1. The molecule has 1 aliphatic carbocycles. The molecule has 5 nitrogen and oxygen atoms in total. The fourth-order valence-corrected chi connectivity index (χ4v) is 4.22. The number of carbonyl (C=O) groups excluding carboxylic acids is 1. The summed E-state index contributed by atoms with van der Waals surface area (Å²) in [5.74, 6) is 1.35. The molecule has 0 radical (unpaired) electrons. The van der Waals surface area contributed by atoms with Crippen molar-refractivity contribution < 1.29 is 22.7 Å². The highest BCUT2D eigenvalue weighted by Gasteiger charge is 2.42. The molecular weight excluding hydrogens is 403 g/mol. The van der Waals surface area contributed by atoms with Gasteiger partial charge in [0.15, 0.2) is 11.7 Å². The summed E-state index contributed by atoms with van der Waals surface area (Å²) in [6, 6.07) is 10.7. The maximum atomic E-state index is 12.4. The molecule has 0 unspecified atom stereocenters. The number of fused-ring (bicyclic) bond motifs is 1. The molecule has 1 amide bonds. The van der Waals surface area contributed by atoms with Crippen LogP contribution in [0.2, 0.25) is 0 Å². The van der Waals surface area contributed by atoms with Crippen LogP contribution in [0.15, 0.2) is 36.4 Å². The number of hydrogen-bond acceptors (Lipinski definition) is 4. The number of thiophene rings is 1. The van der Waals surface area contributed by atoms with Gasteiger partial charge in [0, 0.05) is 17.2 Å². The fourth-order valence-electron chi connectivity index (χ4n) is 3.36. The van der Waals surface area contributed by atoms with E-state index in [0.717, 1.165) is 39.5 Å². The van der Waals surface area contributed by atoms with Crippen molar-refractivity contribution in [1.82, 2.24) is 15.3 Å². The van der Waals surface area contributed by atoms with Gasteiger partial charge in [-0.25, -0.2) is 4.98 Å². The van der Waals surface area contributed by atoms with Crippen LogP contribution in [0.1, 0.15) is 42.4 Å². The summed E-state index contributed by atoms with van der Waals surface area (Å²) in [7, 11) is 0. The quantitative estimate of drug-likeness (QED) is 0.566. The summed E-state index contributed by atoms with van der Waals surface area (Å²) < 4.78 is 41.4. The molecule has 154 valence electrons. The molecule has 0 spiro atoms. The van der Waals surface area contributed by atoms with Gasteiger partial charge in [-0.15, -0.1) is 11.3 Å². The third kappa shape index (κ3) is 4.90. The van der Waals surface area contributed by atoms with E-state index < -0.39 is 12.8 Å². The van der Waals surface area contributed by atoms with Gasteiger partial charge in [-0.05, 0) is 43.5 Å². The number of ether oxygens (including phenoxy) is 1. The zero-order valence-corrected chi connectivity index (χ0v) is 16.4. The molecule has 2 heterocycles. The Hall–Kier alpha value is -2.55. The number of nitrogens with one attached hydrogen (secondary N) is 2. The number of para-hydroxylation sites is 2. The second-order valence-electron chi connectivity index (χ2n) is 7.30. The minimum Gasteiger partial charge on any atom is -0.475 e. The van der Waals surface area contributed by atoms with Gasteiger partial charge in [0.25, 0.3) is 0 Å². The first kappa shape index (κ1) is 19.8. The van der Waals surface area contributed by atoms with E-state index in [1.807, 2.05) is 24.3 Å². The Morgan fingerprint density at radius 2 is 2.14 bits per heavy atom. The number of amides is 1. The standard InChI is InChI=1S/C20H20F3N3O2S/c1-11(16-6-7-18(29-16)28-10-20(21,22)23)24-17(27)9-12-8-13(12)19-25-14-4-2-3-5-15(14)26-19/h2-7,11-13H,8-10H2,1H3,(H,24,27)(H,25,26)/t11-,12-,13-/m0/s1. The highest BCUT2D eigenvalue weighted by atomic mass is 32.1. The lowest BCUT2D eigenvalue weighted by Gasteiger charge is -2.12. The van der Waals surface area contributed by atoms with E-state index in [2.05, 4.69) is 15.3 Å². The van der Waals surface area contributed by atoms with Crippen LogP contribution in [0, 0.1) is 5.92 Å². The van der Waals surface area contributed by atoms with Crippen LogP contribution in [0.4, 0.5) is 13.2 Å². The third-order valence-corrected chi connectivity index (χ3v) is 6.09. The third-order valence-electron chi connectivity index (χ3n) is 4.91. The lowest BCUT2D eigenvalue weighted by molar-refractivity contribution is -0.152. The Balaban J connectivity index is 1.27. The van der Waals surface area contributed by atoms with E-state index in [1.54, 1.807) is 13.0 Å². The number of imidazole rings is 1. The molecule has 4 rings (SSSR count). The maximum Gasteiger partial charge on any atom is 0.422 e. The molecule has 1 saturated carbocycles. The molecule has 2 N–H and O–H groups in total. The predicted octanol–water partition coefficient (Wildman–Crippen LogP) is 4.94. The number of nitrogens with zero attached hydrogens (tertiary/aromatic N) is 1. The number of rotatable bonds is 7. The van der Waals surface area contributed by atoms with Crippen molar-refractivity contribution in [3.8, 4) is 5.06 Å². The van der Waals surface area contributed by atoms with Gasteiger partial charge in [-0.2, -0.15) is 13.2 Å². The van der Waals surface area contributed by atoms with Crippen molar-refractivity contribution in [3.05, 3.63) is 47.1 Å². The Labute approximate surface area is 169 Å². The Morgan fingerprint density at radius 3 is 2.90 bits per heavy atom. The molecule has 0 aliphatic heterocycles. The Kier molecular flexibility index (Phi) is 5.24. The molecule has 2 aromatic heterocycles. The van der Waals surface area contributed by atoms with Crippen LogP contribution in [0.3, 0.4) is 0 Å². The summed E-state index contributed by atoms with van der Waals surface area (Å²) in [6.45, 7) is 0.486. The van der Waals surface area contributed by atoms with Crippen molar-refractivity contribution in [1.29, 1.82) is 0 Å². The smallest absolute Gasteiger partial charge is 0.422 e. The highest BCUT2D eigenvalue weighted by Crippen LogP contribution is 2.48.